The zero-order chi connectivity index (χ0) is 20.9. The van der Waals surface area contributed by atoms with Gasteiger partial charge in [-0.05, 0) is 37.0 Å². The molecule has 1 atom stereocenters. The van der Waals surface area contributed by atoms with Gasteiger partial charge in [0.05, 0.1) is 38.3 Å². The molecule has 2 fully saturated rings. The third-order valence-electron chi connectivity index (χ3n) is 5.87. The van der Waals surface area contributed by atoms with Gasteiger partial charge in [0.2, 0.25) is 11.8 Å². The van der Waals surface area contributed by atoms with E-state index in [1.54, 1.807) is 13.3 Å². The Kier molecular flexibility index (Phi) is 6.32. The summed E-state index contributed by atoms with van der Waals surface area (Å²) in [6, 6.07) is 9.61. The first kappa shape index (κ1) is 20.4. The zero-order valence-corrected chi connectivity index (χ0v) is 17.3. The number of benzene rings is 1. The molecular formula is C22H28N4O4. The number of rotatable bonds is 6. The summed E-state index contributed by atoms with van der Waals surface area (Å²) in [6.07, 6.45) is 4.45. The van der Waals surface area contributed by atoms with E-state index in [4.69, 9.17) is 9.47 Å². The number of ether oxygens (including phenoxy) is 2. The van der Waals surface area contributed by atoms with E-state index >= 15 is 0 Å². The van der Waals surface area contributed by atoms with Gasteiger partial charge in [0.25, 0.3) is 0 Å². The first-order valence-corrected chi connectivity index (χ1v) is 10.5. The second-order valence-corrected chi connectivity index (χ2v) is 7.85. The molecule has 2 saturated heterocycles. The van der Waals surface area contributed by atoms with Crippen molar-refractivity contribution in [1.82, 2.24) is 14.7 Å². The van der Waals surface area contributed by atoms with E-state index in [9.17, 15) is 9.59 Å². The third kappa shape index (κ3) is 4.64. The monoisotopic (exact) mass is 412 g/mol. The highest BCUT2D eigenvalue weighted by Gasteiger charge is 2.28. The average molecular weight is 412 g/mol. The molecule has 0 spiro atoms. The Morgan fingerprint density at radius 3 is 2.80 bits per heavy atom. The van der Waals surface area contributed by atoms with Crippen LogP contribution in [0.25, 0.3) is 0 Å². The predicted molar refractivity (Wildman–Crippen MR) is 111 cm³/mol. The number of nitrogens with one attached hydrogen (secondary N) is 1. The normalized spacial score (nSPS) is 19.6. The number of carbonyl (C=O) groups is 2. The molecule has 2 aliphatic rings. The minimum absolute atomic E-state index is 0.0137. The summed E-state index contributed by atoms with van der Waals surface area (Å²) in [5, 5.41) is 7.43. The second kappa shape index (κ2) is 9.30. The summed E-state index contributed by atoms with van der Waals surface area (Å²) in [6.45, 7) is 2.47. The molecular weight excluding hydrogens is 384 g/mol. The quantitative estimate of drug-likeness (QED) is 0.787. The number of hydrogen-bond acceptors (Lipinski definition) is 5. The molecule has 0 radical (unpaired) electrons. The Balaban J connectivity index is 1.32. The highest BCUT2D eigenvalue weighted by Crippen LogP contribution is 2.26. The number of anilines is 1. The van der Waals surface area contributed by atoms with Crippen molar-refractivity contribution in [3.05, 3.63) is 42.1 Å². The lowest BCUT2D eigenvalue weighted by molar-refractivity contribution is -0.131. The van der Waals surface area contributed by atoms with E-state index < -0.39 is 0 Å². The minimum atomic E-state index is -0.0931. The molecule has 1 aromatic carbocycles. The Bertz CT molecular complexity index is 883. The van der Waals surface area contributed by atoms with Crippen molar-refractivity contribution in [2.24, 2.45) is 5.92 Å². The Morgan fingerprint density at radius 1 is 1.23 bits per heavy atom. The Labute approximate surface area is 176 Å². The number of amides is 2. The number of hydrogen-bond donors (Lipinski definition) is 1. The van der Waals surface area contributed by atoms with Gasteiger partial charge in [-0.25, -0.2) is 4.68 Å². The van der Waals surface area contributed by atoms with Gasteiger partial charge in [0.15, 0.2) is 0 Å². The Morgan fingerprint density at radius 2 is 2.07 bits per heavy atom. The fourth-order valence-electron chi connectivity index (χ4n) is 4.10. The van der Waals surface area contributed by atoms with Crippen LogP contribution < -0.4 is 10.1 Å². The number of methoxy groups -OCH3 is 1. The minimum Gasteiger partial charge on any atom is -0.497 e. The van der Waals surface area contributed by atoms with Gasteiger partial charge >= 0.3 is 0 Å². The summed E-state index contributed by atoms with van der Waals surface area (Å²) in [7, 11) is 1.62. The molecule has 3 heterocycles. The van der Waals surface area contributed by atoms with Crippen LogP contribution in [0, 0.1) is 5.92 Å². The van der Waals surface area contributed by atoms with E-state index in [1.807, 2.05) is 39.9 Å². The van der Waals surface area contributed by atoms with Gasteiger partial charge in [-0.3, -0.25) is 9.59 Å². The average Bonchev–Trinajstić information content (AvgIpc) is 3.46. The lowest BCUT2D eigenvalue weighted by Gasteiger charge is -2.33. The Hall–Kier alpha value is -2.87. The molecule has 0 aliphatic carbocycles. The zero-order valence-electron chi connectivity index (χ0n) is 17.3. The number of aromatic nitrogens is 2. The molecule has 30 heavy (non-hydrogen) atoms. The van der Waals surface area contributed by atoms with Crippen molar-refractivity contribution in [3.63, 3.8) is 0 Å². The molecule has 4 rings (SSSR count). The third-order valence-corrected chi connectivity index (χ3v) is 5.87. The molecule has 2 aromatic rings. The predicted octanol–water partition coefficient (Wildman–Crippen LogP) is 2.27. The topological polar surface area (TPSA) is 85.7 Å². The largest absolute Gasteiger partial charge is 0.497 e. The summed E-state index contributed by atoms with van der Waals surface area (Å²) in [5.41, 5.74) is 0.953. The van der Waals surface area contributed by atoms with Crippen LogP contribution in [0.3, 0.4) is 0 Å². The highest BCUT2D eigenvalue weighted by atomic mass is 16.5. The maximum atomic E-state index is 12.7. The second-order valence-electron chi connectivity index (χ2n) is 7.85. The van der Waals surface area contributed by atoms with Crippen molar-refractivity contribution in [2.45, 2.75) is 31.7 Å². The van der Waals surface area contributed by atoms with Crippen LogP contribution >= 0.6 is 0 Å². The molecule has 0 unspecified atom stereocenters. The number of likely N-dealkylation sites (tertiary alicyclic amines) is 1. The SMILES string of the molecule is COc1cccc(CC(=O)N2CCC(n3nccc3NC(=O)[C@H]3CCOC3)CC2)c1. The first-order chi connectivity index (χ1) is 14.6. The summed E-state index contributed by atoms with van der Waals surface area (Å²) in [4.78, 5) is 27.0. The van der Waals surface area contributed by atoms with Gasteiger partial charge in [-0.15, -0.1) is 0 Å². The molecule has 1 aromatic heterocycles. The molecule has 0 bridgehead atoms. The van der Waals surface area contributed by atoms with Gasteiger partial charge in [0.1, 0.15) is 11.6 Å². The smallest absolute Gasteiger partial charge is 0.231 e. The molecule has 0 saturated carbocycles. The van der Waals surface area contributed by atoms with Gasteiger partial charge in [-0.1, -0.05) is 12.1 Å². The van der Waals surface area contributed by atoms with Crippen molar-refractivity contribution in [1.29, 1.82) is 0 Å². The maximum absolute atomic E-state index is 12.7. The van der Waals surface area contributed by atoms with E-state index in [1.165, 1.54) is 0 Å². The van der Waals surface area contributed by atoms with E-state index in [0.717, 1.165) is 30.6 Å². The number of piperidine rings is 1. The van der Waals surface area contributed by atoms with Gasteiger partial charge in [-0.2, -0.15) is 5.10 Å². The van der Waals surface area contributed by atoms with Crippen molar-refractivity contribution in [2.75, 3.05) is 38.7 Å². The van der Waals surface area contributed by atoms with Crippen molar-refractivity contribution >= 4 is 17.6 Å². The van der Waals surface area contributed by atoms with Crippen LogP contribution in [0.1, 0.15) is 30.9 Å². The van der Waals surface area contributed by atoms with Crippen LogP contribution in [0.2, 0.25) is 0 Å². The van der Waals surface area contributed by atoms with Crippen LogP contribution in [-0.2, 0) is 20.7 Å². The lowest BCUT2D eigenvalue weighted by atomic mass is 10.0. The fraction of sp³-hybridized carbons (Fsp3) is 0.500. The van der Waals surface area contributed by atoms with Gasteiger partial charge < -0.3 is 19.7 Å². The van der Waals surface area contributed by atoms with E-state index in [0.29, 0.717) is 38.5 Å². The number of carbonyl (C=O) groups excluding carboxylic acids is 2. The molecule has 8 heteroatoms. The molecule has 2 aliphatic heterocycles. The number of nitrogens with zero attached hydrogens (tertiary/aromatic N) is 3. The van der Waals surface area contributed by atoms with Crippen LogP contribution in [0.4, 0.5) is 5.82 Å². The first-order valence-electron chi connectivity index (χ1n) is 10.5. The highest BCUT2D eigenvalue weighted by molar-refractivity contribution is 5.92. The van der Waals surface area contributed by atoms with Crippen LogP contribution in [-0.4, -0.2) is 59.9 Å². The van der Waals surface area contributed by atoms with E-state index in [-0.39, 0.29) is 23.8 Å². The summed E-state index contributed by atoms with van der Waals surface area (Å²) in [5.74, 6) is 1.49. The van der Waals surface area contributed by atoms with Crippen molar-refractivity contribution < 1.29 is 19.1 Å². The molecule has 160 valence electrons. The summed E-state index contributed by atoms with van der Waals surface area (Å²) >= 11 is 0. The van der Waals surface area contributed by atoms with Crippen LogP contribution in [0.5, 0.6) is 5.75 Å². The lowest BCUT2D eigenvalue weighted by Crippen LogP contribution is -2.40. The van der Waals surface area contributed by atoms with Gasteiger partial charge in [0, 0.05) is 25.8 Å². The molecule has 1 N–H and O–H groups in total. The fourth-order valence-corrected chi connectivity index (χ4v) is 4.10. The summed E-state index contributed by atoms with van der Waals surface area (Å²) < 4.78 is 12.4. The molecule has 8 nitrogen and oxygen atoms in total. The van der Waals surface area contributed by atoms with E-state index in [2.05, 4.69) is 10.4 Å². The maximum Gasteiger partial charge on any atom is 0.231 e. The molecule has 2 amide bonds. The van der Waals surface area contributed by atoms with Crippen molar-refractivity contribution in [3.8, 4) is 5.75 Å². The standard InChI is InChI=1S/C22H28N4O4/c1-29-19-4-2-3-16(13-19)14-21(27)25-10-6-18(7-11-25)26-20(5-9-23-26)24-22(28)17-8-12-30-15-17/h2-5,9,13,17-18H,6-8,10-12,14-15H2,1H3,(H,24,28)/t17-/m0/s1. The van der Waals surface area contributed by atoms with Crippen LogP contribution in [0.15, 0.2) is 36.5 Å².